The molecule has 1 aromatic heterocycles. The Kier molecular flexibility index (Phi) is 4.64. The predicted octanol–water partition coefficient (Wildman–Crippen LogP) is 3.20. The molecule has 1 amide bonds. The van der Waals surface area contributed by atoms with Gasteiger partial charge in [0.15, 0.2) is 5.88 Å². The largest absolute Gasteiger partial charge is 0.441 e. The quantitative estimate of drug-likeness (QED) is 0.694. The van der Waals surface area contributed by atoms with Crippen molar-refractivity contribution in [2.75, 3.05) is 24.3 Å². The summed E-state index contributed by atoms with van der Waals surface area (Å²) < 4.78 is 5.52. The number of aryl methyl sites for hydroxylation is 1. The van der Waals surface area contributed by atoms with Crippen LogP contribution in [-0.4, -0.2) is 20.0 Å². The second-order valence-corrected chi connectivity index (χ2v) is 5.01. The first-order chi connectivity index (χ1) is 10.5. The molecule has 0 atom stereocenters. The van der Waals surface area contributed by atoms with E-state index in [9.17, 15) is 10.1 Å². The van der Waals surface area contributed by atoms with Crippen LogP contribution in [0.5, 0.6) is 0 Å². The van der Waals surface area contributed by atoms with Crippen molar-refractivity contribution >= 4 is 23.6 Å². The van der Waals surface area contributed by atoms with Crippen LogP contribution < -0.4 is 10.2 Å². The molecule has 0 aliphatic carbocycles. The van der Waals surface area contributed by atoms with Gasteiger partial charge in [-0.3, -0.25) is 4.79 Å². The number of benzene rings is 1. The smallest absolute Gasteiger partial charge is 0.266 e. The van der Waals surface area contributed by atoms with Gasteiger partial charge in [0, 0.05) is 31.9 Å². The summed E-state index contributed by atoms with van der Waals surface area (Å²) in [5.41, 5.74) is 1.60. The molecule has 0 spiro atoms. The van der Waals surface area contributed by atoms with Crippen LogP contribution in [0.1, 0.15) is 11.3 Å². The summed E-state index contributed by atoms with van der Waals surface area (Å²) >= 11 is 0. The molecule has 22 heavy (non-hydrogen) atoms. The van der Waals surface area contributed by atoms with E-state index < -0.39 is 5.91 Å². The highest BCUT2D eigenvalue weighted by Gasteiger charge is 2.12. The van der Waals surface area contributed by atoms with Crippen LogP contribution in [0, 0.1) is 18.3 Å². The highest BCUT2D eigenvalue weighted by atomic mass is 16.4. The Labute approximate surface area is 129 Å². The number of carbonyl (C=O) groups is 1. The number of hydrogen-bond acceptors (Lipinski definition) is 4. The molecule has 0 radical (unpaired) electrons. The Morgan fingerprint density at radius 1 is 1.27 bits per heavy atom. The van der Waals surface area contributed by atoms with E-state index >= 15 is 0 Å². The number of rotatable bonds is 4. The standard InChI is InChI=1S/C17H17N3O2/c1-12-6-4-5-7-15(12)19-17(21)13(11-18)10-14-8-9-16(22-14)20(2)3/h4-10H,1-3H3,(H,19,21)/b13-10-. The van der Waals surface area contributed by atoms with E-state index in [0.717, 1.165) is 5.56 Å². The predicted molar refractivity (Wildman–Crippen MR) is 86.4 cm³/mol. The van der Waals surface area contributed by atoms with Crippen LogP contribution >= 0.6 is 0 Å². The number of para-hydroxylation sites is 1. The van der Waals surface area contributed by atoms with Gasteiger partial charge >= 0.3 is 0 Å². The molecule has 5 nitrogen and oxygen atoms in total. The molecule has 1 N–H and O–H groups in total. The number of nitriles is 1. The second-order valence-electron chi connectivity index (χ2n) is 5.01. The maximum atomic E-state index is 12.2. The number of nitrogens with zero attached hydrogens (tertiary/aromatic N) is 2. The van der Waals surface area contributed by atoms with Crippen LogP contribution in [0.15, 0.2) is 46.4 Å². The number of amides is 1. The molecule has 0 aliphatic heterocycles. The fourth-order valence-electron chi connectivity index (χ4n) is 1.85. The van der Waals surface area contributed by atoms with Crippen molar-refractivity contribution in [1.29, 1.82) is 5.26 Å². The first-order valence-corrected chi connectivity index (χ1v) is 6.77. The highest BCUT2D eigenvalue weighted by Crippen LogP contribution is 2.19. The van der Waals surface area contributed by atoms with Gasteiger partial charge in [-0.25, -0.2) is 0 Å². The van der Waals surface area contributed by atoms with Gasteiger partial charge < -0.3 is 14.6 Å². The van der Waals surface area contributed by atoms with Gasteiger partial charge in [0.25, 0.3) is 5.91 Å². The number of nitrogens with one attached hydrogen (secondary N) is 1. The molecule has 0 unspecified atom stereocenters. The fraction of sp³-hybridized carbons (Fsp3) is 0.176. The van der Waals surface area contributed by atoms with E-state index in [1.54, 1.807) is 23.1 Å². The minimum absolute atomic E-state index is 0.0112. The Hall–Kier alpha value is -3.00. The average molecular weight is 295 g/mol. The third-order valence-corrected chi connectivity index (χ3v) is 3.10. The Morgan fingerprint density at radius 3 is 2.59 bits per heavy atom. The minimum Gasteiger partial charge on any atom is -0.441 e. The zero-order valence-electron chi connectivity index (χ0n) is 12.8. The Balaban J connectivity index is 2.20. The van der Waals surface area contributed by atoms with Crippen LogP contribution in [0.2, 0.25) is 0 Å². The molecule has 0 saturated heterocycles. The Morgan fingerprint density at radius 2 is 2.00 bits per heavy atom. The summed E-state index contributed by atoms with van der Waals surface area (Å²) in [5, 5.41) is 11.9. The summed E-state index contributed by atoms with van der Waals surface area (Å²) in [7, 11) is 3.70. The first-order valence-electron chi connectivity index (χ1n) is 6.77. The molecule has 1 heterocycles. The van der Waals surface area contributed by atoms with E-state index in [2.05, 4.69) is 5.32 Å². The summed E-state index contributed by atoms with van der Waals surface area (Å²) in [6.45, 7) is 1.89. The molecule has 0 saturated carbocycles. The third kappa shape index (κ3) is 3.55. The minimum atomic E-state index is -0.459. The highest BCUT2D eigenvalue weighted by molar-refractivity contribution is 6.09. The maximum absolute atomic E-state index is 12.2. The molecule has 0 aliphatic rings. The molecule has 5 heteroatoms. The van der Waals surface area contributed by atoms with Gasteiger partial charge in [0.1, 0.15) is 17.4 Å². The molecular formula is C17H17N3O2. The van der Waals surface area contributed by atoms with E-state index in [0.29, 0.717) is 17.3 Å². The third-order valence-electron chi connectivity index (χ3n) is 3.10. The van der Waals surface area contributed by atoms with Gasteiger partial charge in [0.2, 0.25) is 0 Å². The van der Waals surface area contributed by atoms with Crippen LogP contribution in [0.4, 0.5) is 11.6 Å². The van der Waals surface area contributed by atoms with Crippen LogP contribution in [0.3, 0.4) is 0 Å². The normalized spacial score (nSPS) is 10.9. The van der Waals surface area contributed by atoms with E-state index in [1.165, 1.54) is 6.08 Å². The number of anilines is 2. The van der Waals surface area contributed by atoms with Gasteiger partial charge in [-0.1, -0.05) is 18.2 Å². The van der Waals surface area contributed by atoms with Crippen molar-refractivity contribution in [2.24, 2.45) is 0 Å². The fourth-order valence-corrected chi connectivity index (χ4v) is 1.85. The van der Waals surface area contributed by atoms with Crippen molar-refractivity contribution in [2.45, 2.75) is 6.92 Å². The van der Waals surface area contributed by atoms with Crippen molar-refractivity contribution < 1.29 is 9.21 Å². The lowest BCUT2D eigenvalue weighted by atomic mass is 10.2. The Bertz CT molecular complexity index is 751. The zero-order valence-corrected chi connectivity index (χ0v) is 12.8. The summed E-state index contributed by atoms with van der Waals surface area (Å²) in [5.74, 6) is 0.655. The number of carbonyl (C=O) groups excluding carboxylic acids is 1. The average Bonchev–Trinajstić information content (AvgIpc) is 2.96. The molecule has 0 bridgehead atoms. The van der Waals surface area contributed by atoms with E-state index in [4.69, 9.17) is 4.42 Å². The zero-order chi connectivity index (χ0) is 16.1. The molecular weight excluding hydrogens is 278 g/mol. The lowest BCUT2D eigenvalue weighted by Gasteiger charge is -2.07. The van der Waals surface area contributed by atoms with Gasteiger partial charge in [0.05, 0.1) is 0 Å². The second kappa shape index (κ2) is 6.64. The number of hydrogen-bond donors (Lipinski definition) is 1. The molecule has 2 rings (SSSR count). The molecule has 1 aromatic carbocycles. The van der Waals surface area contributed by atoms with E-state index in [1.807, 2.05) is 45.3 Å². The SMILES string of the molecule is Cc1ccccc1NC(=O)/C(C#N)=C\c1ccc(N(C)C)o1. The summed E-state index contributed by atoms with van der Waals surface area (Å²) in [4.78, 5) is 14.0. The summed E-state index contributed by atoms with van der Waals surface area (Å²) in [6, 6.07) is 12.8. The maximum Gasteiger partial charge on any atom is 0.266 e. The topological polar surface area (TPSA) is 69.3 Å². The van der Waals surface area contributed by atoms with E-state index in [-0.39, 0.29) is 5.57 Å². The van der Waals surface area contributed by atoms with Crippen molar-refractivity contribution in [3.63, 3.8) is 0 Å². The van der Waals surface area contributed by atoms with Crippen molar-refractivity contribution in [1.82, 2.24) is 0 Å². The molecule has 112 valence electrons. The van der Waals surface area contributed by atoms with Crippen molar-refractivity contribution in [3.05, 3.63) is 53.3 Å². The first kappa shape index (κ1) is 15.4. The number of furan rings is 1. The van der Waals surface area contributed by atoms with Gasteiger partial charge in [-0.15, -0.1) is 0 Å². The van der Waals surface area contributed by atoms with Crippen LogP contribution in [-0.2, 0) is 4.79 Å². The molecule has 2 aromatic rings. The summed E-state index contributed by atoms with van der Waals surface area (Å²) in [6.07, 6.45) is 1.43. The van der Waals surface area contributed by atoms with Crippen molar-refractivity contribution in [3.8, 4) is 6.07 Å². The lowest BCUT2D eigenvalue weighted by molar-refractivity contribution is -0.112. The monoisotopic (exact) mass is 295 g/mol. The van der Waals surface area contributed by atoms with Gasteiger partial charge in [-0.05, 0) is 24.6 Å². The van der Waals surface area contributed by atoms with Gasteiger partial charge in [-0.2, -0.15) is 5.26 Å². The van der Waals surface area contributed by atoms with Crippen LogP contribution in [0.25, 0.3) is 6.08 Å². The molecule has 0 fully saturated rings. The lowest BCUT2D eigenvalue weighted by Crippen LogP contribution is -2.14.